The van der Waals surface area contributed by atoms with Gasteiger partial charge in [0.1, 0.15) is 0 Å². The molecule has 86 valence electrons. The van der Waals surface area contributed by atoms with E-state index in [-0.39, 0.29) is 17.6 Å². The van der Waals surface area contributed by atoms with E-state index in [9.17, 15) is 5.11 Å². The molecule has 0 fully saturated rings. The fourth-order valence-electron chi connectivity index (χ4n) is 3.09. The number of ether oxygens (including phenoxy) is 1. The maximum Gasteiger partial charge on any atom is 0.0822 e. The molecule has 0 aromatic rings. The first kappa shape index (κ1) is 11.2. The average molecular weight is 210 g/mol. The second-order valence-electron chi connectivity index (χ2n) is 5.64. The van der Waals surface area contributed by atoms with Crippen LogP contribution in [0.1, 0.15) is 46.5 Å². The highest BCUT2D eigenvalue weighted by atomic mass is 16.5. The molecule has 2 heteroatoms. The minimum Gasteiger partial charge on any atom is -0.393 e. The van der Waals surface area contributed by atoms with Gasteiger partial charge in [0.05, 0.1) is 18.8 Å². The van der Waals surface area contributed by atoms with Crippen molar-refractivity contribution in [2.75, 3.05) is 6.61 Å². The molecular weight excluding hydrogens is 188 g/mol. The van der Waals surface area contributed by atoms with E-state index >= 15 is 0 Å². The third kappa shape index (κ3) is 2.11. The topological polar surface area (TPSA) is 29.5 Å². The van der Waals surface area contributed by atoms with Crippen molar-refractivity contribution < 1.29 is 9.84 Å². The van der Waals surface area contributed by atoms with Gasteiger partial charge in [-0.05, 0) is 42.7 Å². The lowest BCUT2D eigenvalue weighted by Gasteiger charge is -2.34. The highest BCUT2D eigenvalue weighted by molar-refractivity contribution is 5.31. The Balaban J connectivity index is 2.21. The summed E-state index contributed by atoms with van der Waals surface area (Å²) in [6, 6.07) is 0. The van der Waals surface area contributed by atoms with E-state index in [0.29, 0.717) is 0 Å². The Hall–Kier alpha value is -0.340. The smallest absolute Gasteiger partial charge is 0.0822 e. The minimum absolute atomic E-state index is 0.176. The van der Waals surface area contributed by atoms with Crippen LogP contribution in [-0.2, 0) is 4.74 Å². The quantitative estimate of drug-likeness (QED) is 0.710. The standard InChI is InChI=1S/C13H22O2/c1-9(14)7-11-12-10(8-15-11)5-4-6-13(12,2)3/h9,11,14H,4-8H2,1-3H3/t9-,11-/m0/s1. The van der Waals surface area contributed by atoms with Crippen LogP contribution in [0.4, 0.5) is 0 Å². The molecule has 1 N–H and O–H groups in total. The van der Waals surface area contributed by atoms with E-state index < -0.39 is 0 Å². The molecule has 15 heavy (non-hydrogen) atoms. The van der Waals surface area contributed by atoms with E-state index in [2.05, 4.69) is 13.8 Å². The number of hydrogen-bond acceptors (Lipinski definition) is 2. The summed E-state index contributed by atoms with van der Waals surface area (Å²) >= 11 is 0. The van der Waals surface area contributed by atoms with Crippen LogP contribution >= 0.6 is 0 Å². The van der Waals surface area contributed by atoms with Gasteiger partial charge in [0.15, 0.2) is 0 Å². The molecule has 0 aromatic carbocycles. The summed E-state index contributed by atoms with van der Waals surface area (Å²) in [4.78, 5) is 0. The van der Waals surface area contributed by atoms with Crippen molar-refractivity contribution in [1.82, 2.24) is 0 Å². The fourth-order valence-corrected chi connectivity index (χ4v) is 3.09. The summed E-state index contributed by atoms with van der Waals surface area (Å²) in [7, 11) is 0. The van der Waals surface area contributed by atoms with Gasteiger partial charge in [-0.15, -0.1) is 0 Å². The third-order valence-electron chi connectivity index (χ3n) is 3.73. The zero-order valence-electron chi connectivity index (χ0n) is 10.0. The SMILES string of the molecule is C[C@H](O)C[C@@H]1OCC2=C1C(C)(C)CCC2. The zero-order valence-corrected chi connectivity index (χ0v) is 10.0. The predicted molar refractivity (Wildman–Crippen MR) is 60.7 cm³/mol. The lowest BCUT2D eigenvalue weighted by atomic mass is 9.71. The molecule has 2 nitrogen and oxygen atoms in total. The first-order chi connectivity index (χ1) is 7.00. The Morgan fingerprint density at radius 1 is 1.53 bits per heavy atom. The number of aliphatic hydroxyl groups is 1. The molecule has 1 heterocycles. The summed E-state index contributed by atoms with van der Waals surface area (Å²) in [5.41, 5.74) is 3.29. The van der Waals surface area contributed by atoms with Crippen molar-refractivity contribution in [2.24, 2.45) is 5.41 Å². The third-order valence-corrected chi connectivity index (χ3v) is 3.73. The van der Waals surface area contributed by atoms with Gasteiger partial charge in [-0.2, -0.15) is 0 Å². The fraction of sp³-hybridized carbons (Fsp3) is 0.846. The molecule has 0 unspecified atom stereocenters. The van der Waals surface area contributed by atoms with Gasteiger partial charge < -0.3 is 9.84 Å². The molecule has 0 bridgehead atoms. The average Bonchev–Trinajstić information content (AvgIpc) is 2.48. The van der Waals surface area contributed by atoms with Crippen molar-refractivity contribution in [1.29, 1.82) is 0 Å². The molecule has 0 saturated carbocycles. The highest BCUT2D eigenvalue weighted by Crippen LogP contribution is 2.46. The van der Waals surface area contributed by atoms with E-state index in [0.717, 1.165) is 13.0 Å². The van der Waals surface area contributed by atoms with Crippen LogP contribution in [0.15, 0.2) is 11.1 Å². The van der Waals surface area contributed by atoms with Gasteiger partial charge in [0, 0.05) is 6.42 Å². The van der Waals surface area contributed by atoms with Crippen molar-refractivity contribution in [3.8, 4) is 0 Å². The Labute approximate surface area is 92.3 Å². The summed E-state index contributed by atoms with van der Waals surface area (Å²) in [5.74, 6) is 0. The second-order valence-corrected chi connectivity index (χ2v) is 5.64. The summed E-state index contributed by atoms with van der Waals surface area (Å²) in [6.07, 6.45) is 4.41. The summed E-state index contributed by atoms with van der Waals surface area (Å²) < 4.78 is 5.81. The molecule has 0 aromatic heterocycles. The molecule has 0 radical (unpaired) electrons. The maximum absolute atomic E-state index is 9.47. The second kappa shape index (κ2) is 3.91. The van der Waals surface area contributed by atoms with Crippen LogP contribution in [0.5, 0.6) is 0 Å². The van der Waals surface area contributed by atoms with Crippen molar-refractivity contribution >= 4 is 0 Å². The Morgan fingerprint density at radius 2 is 2.27 bits per heavy atom. The molecule has 2 rings (SSSR count). The lowest BCUT2D eigenvalue weighted by Crippen LogP contribution is -2.28. The van der Waals surface area contributed by atoms with Crippen LogP contribution in [-0.4, -0.2) is 23.9 Å². The van der Waals surface area contributed by atoms with E-state index in [1.165, 1.54) is 30.4 Å². The van der Waals surface area contributed by atoms with Crippen LogP contribution in [0.3, 0.4) is 0 Å². The molecule has 0 amide bonds. The lowest BCUT2D eigenvalue weighted by molar-refractivity contribution is 0.0602. The largest absolute Gasteiger partial charge is 0.393 e. The van der Waals surface area contributed by atoms with Crippen molar-refractivity contribution in [2.45, 2.75) is 58.7 Å². The normalized spacial score (nSPS) is 31.6. The molecule has 2 aliphatic rings. The van der Waals surface area contributed by atoms with Gasteiger partial charge in [-0.1, -0.05) is 13.8 Å². The minimum atomic E-state index is -0.264. The van der Waals surface area contributed by atoms with Gasteiger partial charge in [0.2, 0.25) is 0 Å². The molecule has 2 atom stereocenters. The Morgan fingerprint density at radius 3 is 2.93 bits per heavy atom. The first-order valence-electron chi connectivity index (χ1n) is 6.03. The summed E-state index contributed by atoms with van der Waals surface area (Å²) in [6.45, 7) is 7.27. The molecule has 1 aliphatic heterocycles. The van der Waals surface area contributed by atoms with Crippen LogP contribution in [0.25, 0.3) is 0 Å². The maximum atomic E-state index is 9.47. The van der Waals surface area contributed by atoms with Gasteiger partial charge in [-0.3, -0.25) is 0 Å². The molecule has 0 spiro atoms. The predicted octanol–water partition coefficient (Wildman–Crippen LogP) is 2.66. The van der Waals surface area contributed by atoms with Crippen LogP contribution < -0.4 is 0 Å². The number of rotatable bonds is 2. The highest BCUT2D eigenvalue weighted by Gasteiger charge is 2.39. The Kier molecular flexibility index (Phi) is 2.91. The Bertz CT molecular complexity index is 276. The number of aliphatic hydroxyl groups excluding tert-OH is 1. The molecular formula is C13H22O2. The van der Waals surface area contributed by atoms with Crippen molar-refractivity contribution in [3.63, 3.8) is 0 Å². The van der Waals surface area contributed by atoms with E-state index in [4.69, 9.17) is 4.74 Å². The van der Waals surface area contributed by atoms with E-state index in [1.54, 1.807) is 0 Å². The zero-order chi connectivity index (χ0) is 11.1. The van der Waals surface area contributed by atoms with E-state index in [1.807, 2.05) is 6.92 Å². The molecule has 0 saturated heterocycles. The molecule has 1 aliphatic carbocycles. The monoisotopic (exact) mass is 210 g/mol. The number of hydrogen-bond donors (Lipinski definition) is 1. The van der Waals surface area contributed by atoms with Crippen LogP contribution in [0.2, 0.25) is 0 Å². The van der Waals surface area contributed by atoms with Crippen molar-refractivity contribution in [3.05, 3.63) is 11.1 Å². The first-order valence-corrected chi connectivity index (χ1v) is 6.03. The summed E-state index contributed by atoms with van der Waals surface area (Å²) in [5, 5.41) is 9.47. The van der Waals surface area contributed by atoms with Gasteiger partial charge >= 0.3 is 0 Å². The van der Waals surface area contributed by atoms with Gasteiger partial charge in [0.25, 0.3) is 0 Å². The van der Waals surface area contributed by atoms with Gasteiger partial charge in [-0.25, -0.2) is 0 Å². The van der Waals surface area contributed by atoms with Crippen LogP contribution in [0, 0.1) is 5.41 Å².